The topological polar surface area (TPSA) is 38.3 Å². The lowest BCUT2D eigenvalue weighted by molar-refractivity contribution is 0.0936. The van der Waals surface area contributed by atoms with E-state index >= 15 is 0 Å². The van der Waals surface area contributed by atoms with Crippen molar-refractivity contribution in [2.24, 2.45) is 0 Å². The van der Waals surface area contributed by atoms with Crippen LogP contribution in [0.25, 0.3) is 0 Å². The molecule has 3 heteroatoms. The molecule has 0 radical (unpaired) electrons. The lowest BCUT2D eigenvalue weighted by atomic mass is 10.00. The summed E-state index contributed by atoms with van der Waals surface area (Å²) in [5, 5.41) is 3.19. The van der Waals surface area contributed by atoms with Crippen molar-refractivity contribution < 1.29 is 9.53 Å². The lowest BCUT2D eigenvalue weighted by Gasteiger charge is -2.23. The average molecular weight is 307 g/mol. The van der Waals surface area contributed by atoms with Crippen LogP contribution >= 0.6 is 0 Å². The fraction of sp³-hybridized carbons (Fsp3) is 0.350. The van der Waals surface area contributed by atoms with E-state index in [4.69, 9.17) is 4.74 Å². The molecule has 1 heterocycles. The van der Waals surface area contributed by atoms with Crippen LogP contribution in [-0.2, 0) is 12.8 Å². The number of nitrogens with one attached hydrogen (secondary N) is 1. The molecule has 0 bridgehead atoms. The van der Waals surface area contributed by atoms with Gasteiger partial charge >= 0.3 is 0 Å². The van der Waals surface area contributed by atoms with Crippen molar-refractivity contribution in [1.29, 1.82) is 0 Å². The number of aryl methyl sites for hydroxylation is 2. The van der Waals surface area contributed by atoms with E-state index in [-0.39, 0.29) is 18.1 Å². The van der Waals surface area contributed by atoms with Crippen molar-refractivity contribution in [3.05, 3.63) is 64.7 Å². The maximum Gasteiger partial charge on any atom is 0.251 e. The number of carbonyl (C=O) groups excluding carboxylic acids is 1. The third-order valence-electron chi connectivity index (χ3n) is 4.91. The van der Waals surface area contributed by atoms with Crippen LogP contribution in [0.15, 0.2) is 42.5 Å². The summed E-state index contributed by atoms with van der Waals surface area (Å²) < 4.78 is 5.81. The van der Waals surface area contributed by atoms with Crippen molar-refractivity contribution in [1.82, 2.24) is 5.32 Å². The molecule has 0 aromatic heterocycles. The first-order chi connectivity index (χ1) is 11.2. The third-order valence-corrected chi connectivity index (χ3v) is 4.91. The molecule has 118 valence electrons. The first-order valence-electron chi connectivity index (χ1n) is 8.39. The van der Waals surface area contributed by atoms with Crippen molar-refractivity contribution in [3.63, 3.8) is 0 Å². The highest BCUT2D eigenvalue weighted by Crippen LogP contribution is 2.32. The SMILES string of the molecule is CC1CCc2cc(C(=O)NC3CCc4ccccc43)ccc2O1. The maximum absolute atomic E-state index is 12.6. The minimum atomic E-state index is 0.00752. The second-order valence-electron chi connectivity index (χ2n) is 6.55. The number of ether oxygens (including phenoxy) is 1. The van der Waals surface area contributed by atoms with E-state index in [9.17, 15) is 4.79 Å². The molecule has 1 amide bonds. The largest absolute Gasteiger partial charge is 0.490 e. The maximum atomic E-state index is 12.6. The number of fused-ring (bicyclic) bond motifs is 2. The normalized spacial score (nSPS) is 22.0. The Morgan fingerprint density at radius 3 is 2.83 bits per heavy atom. The van der Waals surface area contributed by atoms with E-state index in [2.05, 4.69) is 30.4 Å². The van der Waals surface area contributed by atoms with Crippen molar-refractivity contribution >= 4 is 5.91 Å². The molecule has 0 spiro atoms. The Balaban J connectivity index is 1.52. The molecule has 4 rings (SSSR count). The summed E-state index contributed by atoms with van der Waals surface area (Å²) in [6.45, 7) is 2.08. The Labute approximate surface area is 136 Å². The van der Waals surface area contributed by atoms with Gasteiger partial charge in [-0.05, 0) is 67.5 Å². The second kappa shape index (κ2) is 5.73. The van der Waals surface area contributed by atoms with Gasteiger partial charge in [-0.3, -0.25) is 4.79 Å². The summed E-state index contributed by atoms with van der Waals surface area (Å²) in [7, 11) is 0. The summed E-state index contributed by atoms with van der Waals surface area (Å²) in [5.74, 6) is 0.930. The molecule has 0 saturated carbocycles. The van der Waals surface area contributed by atoms with Crippen LogP contribution in [0.5, 0.6) is 5.75 Å². The van der Waals surface area contributed by atoms with Gasteiger partial charge in [-0.25, -0.2) is 0 Å². The predicted molar refractivity (Wildman–Crippen MR) is 89.8 cm³/mol. The van der Waals surface area contributed by atoms with Crippen molar-refractivity contribution in [2.75, 3.05) is 0 Å². The number of hydrogen-bond donors (Lipinski definition) is 1. The molecule has 2 unspecified atom stereocenters. The highest BCUT2D eigenvalue weighted by atomic mass is 16.5. The van der Waals surface area contributed by atoms with E-state index < -0.39 is 0 Å². The van der Waals surface area contributed by atoms with Crippen LogP contribution in [0, 0.1) is 0 Å². The van der Waals surface area contributed by atoms with Gasteiger partial charge < -0.3 is 10.1 Å². The molecule has 0 saturated heterocycles. The quantitative estimate of drug-likeness (QED) is 0.916. The Morgan fingerprint density at radius 2 is 1.91 bits per heavy atom. The number of benzene rings is 2. The zero-order chi connectivity index (χ0) is 15.8. The summed E-state index contributed by atoms with van der Waals surface area (Å²) >= 11 is 0. The van der Waals surface area contributed by atoms with E-state index in [1.807, 2.05) is 24.3 Å². The van der Waals surface area contributed by atoms with Gasteiger partial charge in [0.15, 0.2) is 0 Å². The van der Waals surface area contributed by atoms with Gasteiger partial charge in [-0.15, -0.1) is 0 Å². The summed E-state index contributed by atoms with van der Waals surface area (Å²) in [5.41, 5.74) is 4.48. The molecule has 2 aliphatic rings. The number of hydrogen-bond acceptors (Lipinski definition) is 2. The molecule has 1 N–H and O–H groups in total. The predicted octanol–water partition coefficient (Wildman–Crippen LogP) is 3.82. The minimum absolute atomic E-state index is 0.00752. The number of rotatable bonds is 2. The lowest BCUT2D eigenvalue weighted by Crippen LogP contribution is -2.27. The van der Waals surface area contributed by atoms with Gasteiger partial charge in [0.1, 0.15) is 5.75 Å². The van der Waals surface area contributed by atoms with Crippen LogP contribution in [-0.4, -0.2) is 12.0 Å². The summed E-state index contributed by atoms with van der Waals surface area (Å²) in [6, 6.07) is 14.3. The molecule has 0 fully saturated rings. The third kappa shape index (κ3) is 2.72. The number of amides is 1. The first-order valence-corrected chi connectivity index (χ1v) is 8.39. The Kier molecular flexibility index (Phi) is 3.56. The fourth-order valence-electron chi connectivity index (χ4n) is 3.61. The molecule has 3 nitrogen and oxygen atoms in total. The molecule has 1 aliphatic carbocycles. The van der Waals surface area contributed by atoms with Gasteiger partial charge in [-0.1, -0.05) is 24.3 Å². The first kappa shape index (κ1) is 14.3. The van der Waals surface area contributed by atoms with E-state index in [1.54, 1.807) is 0 Å². The van der Waals surface area contributed by atoms with E-state index in [0.717, 1.165) is 42.6 Å². The van der Waals surface area contributed by atoms with Crippen LogP contribution in [0.3, 0.4) is 0 Å². The molecule has 23 heavy (non-hydrogen) atoms. The van der Waals surface area contributed by atoms with Crippen molar-refractivity contribution in [3.8, 4) is 5.75 Å². The average Bonchev–Trinajstić information content (AvgIpc) is 2.97. The molecule has 2 aromatic carbocycles. The molecular weight excluding hydrogens is 286 g/mol. The van der Waals surface area contributed by atoms with Crippen LogP contribution in [0.2, 0.25) is 0 Å². The van der Waals surface area contributed by atoms with Gasteiger partial charge in [-0.2, -0.15) is 0 Å². The highest BCUT2D eigenvalue weighted by molar-refractivity contribution is 5.95. The van der Waals surface area contributed by atoms with E-state index in [1.165, 1.54) is 11.1 Å². The minimum Gasteiger partial charge on any atom is -0.490 e. The Morgan fingerprint density at radius 1 is 1.09 bits per heavy atom. The van der Waals surface area contributed by atoms with Gasteiger partial charge in [0, 0.05) is 5.56 Å². The molecule has 1 aliphatic heterocycles. The molecule has 2 aromatic rings. The highest BCUT2D eigenvalue weighted by Gasteiger charge is 2.24. The van der Waals surface area contributed by atoms with Crippen LogP contribution < -0.4 is 10.1 Å². The summed E-state index contributed by atoms with van der Waals surface area (Å²) in [4.78, 5) is 12.6. The summed E-state index contributed by atoms with van der Waals surface area (Å²) in [6.07, 6.45) is 4.27. The van der Waals surface area contributed by atoms with Gasteiger partial charge in [0.2, 0.25) is 0 Å². The zero-order valence-corrected chi connectivity index (χ0v) is 13.3. The van der Waals surface area contributed by atoms with Crippen molar-refractivity contribution in [2.45, 2.75) is 44.8 Å². The fourth-order valence-corrected chi connectivity index (χ4v) is 3.61. The van der Waals surface area contributed by atoms with Crippen LogP contribution in [0.1, 0.15) is 52.9 Å². The number of carbonyl (C=O) groups is 1. The monoisotopic (exact) mass is 307 g/mol. The smallest absolute Gasteiger partial charge is 0.251 e. The zero-order valence-electron chi connectivity index (χ0n) is 13.3. The standard InChI is InChI=1S/C20H21NO2/c1-13-6-7-15-12-16(9-11-19(15)23-13)20(22)21-18-10-8-14-4-2-3-5-17(14)18/h2-5,9,11-13,18H,6-8,10H2,1H3,(H,21,22). The van der Waals surface area contributed by atoms with Crippen LogP contribution in [0.4, 0.5) is 0 Å². The van der Waals surface area contributed by atoms with Gasteiger partial charge in [0.05, 0.1) is 12.1 Å². The van der Waals surface area contributed by atoms with E-state index in [0.29, 0.717) is 0 Å². The molecule has 2 atom stereocenters. The van der Waals surface area contributed by atoms with Gasteiger partial charge in [0.25, 0.3) is 5.91 Å². The second-order valence-corrected chi connectivity index (χ2v) is 6.55. The Bertz CT molecular complexity index is 753. The Hall–Kier alpha value is -2.29. The molecular formula is C20H21NO2.